The quantitative estimate of drug-likeness (QED) is 0.400. The molecular formula is C26H42ClN3O5S. The molecule has 204 valence electrons. The van der Waals surface area contributed by atoms with E-state index in [1.165, 1.54) is 11.4 Å². The molecule has 0 unspecified atom stereocenters. The highest BCUT2D eigenvalue weighted by Crippen LogP contribution is 2.25. The largest absolute Gasteiger partial charge is 0.383 e. The number of nitrogens with zero attached hydrogens (tertiary/aromatic N) is 3. The number of methoxy groups -OCH3 is 1. The van der Waals surface area contributed by atoms with Crippen molar-refractivity contribution in [3.63, 3.8) is 0 Å². The summed E-state index contributed by atoms with van der Waals surface area (Å²) in [7, 11) is -2.08. The molecule has 1 heterocycles. The highest BCUT2D eigenvalue weighted by Gasteiger charge is 2.33. The minimum Gasteiger partial charge on any atom is -0.383 e. The molecule has 0 saturated carbocycles. The maximum Gasteiger partial charge on any atom is 0.238 e. The van der Waals surface area contributed by atoms with Gasteiger partial charge in [-0.05, 0) is 42.4 Å². The van der Waals surface area contributed by atoms with Crippen molar-refractivity contribution >= 4 is 33.4 Å². The van der Waals surface area contributed by atoms with Crippen LogP contribution < -0.4 is 0 Å². The van der Waals surface area contributed by atoms with E-state index in [9.17, 15) is 18.0 Å². The van der Waals surface area contributed by atoms with Gasteiger partial charge >= 0.3 is 0 Å². The molecular weight excluding hydrogens is 502 g/mol. The maximum absolute atomic E-state index is 13.6. The molecule has 1 aliphatic heterocycles. The van der Waals surface area contributed by atoms with Crippen molar-refractivity contribution < 1.29 is 22.7 Å². The normalized spacial score (nSPS) is 15.4. The van der Waals surface area contributed by atoms with E-state index in [1.807, 2.05) is 37.8 Å². The van der Waals surface area contributed by atoms with Gasteiger partial charge in [0.2, 0.25) is 21.8 Å². The number of hydrogen-bond donors (Lipinski definition) is 0. The van der Waals surface area contributed by atoms with Gasteiger partial charge in [-0.2, -0.15) is 4.31 Å². The summed E-state index contributed by atoms with van der Waals surface area (Å²) in [6.45, 7) is 9.54. The number of carbonyl (C=O) groups is 2. The Bertz CT molecular complexity index is 955. The first-order valence-electron chi connectivity index (χ1n) is 12.6. The van der Waals surface area contributed by atoms with Gasteiger partial charge in [-0.15, -0.1) is 0 Å². The minimum absolute atomic E-state index is 0.0184. The SMILES string of the molecule is CCCS(=O)(=O)N(CCOC)CC(=O)N(Cc1ccc(Cl)cc1)C1CCN(C(=O)CC(C)(C)C)CC1. The van der Waals surface area contributed by atoms with Gasteiger partial charge in [0.1, 0.15) is 0 Å². The molecule has 0 bridgehead atoms. The van der Waals surface area contributed by atoms with Crippen molar-refractivity contribution in [3.8, 4) is 0 Å². The molecule has 1 fully saturated rings. The second-order valence-corrected chi connectivity index (χ2v) is 13.2. The van der Waals surface area contributed by atoms with Gasteiger partial charge in [0.15, 0.2) is 0 Å². The lowest BCUT2D eigenvalue weighted by atomic mass is 9.91. The lowest BCUT2D eigenvalue weighted by Crippen LogP contribution is -2.52. The lowest BCUT2D eigenvalue weighted by molar-refractivity contribution is -0.138. The van der Waals surface area contributed by atoms with Crippen molar-refractivity contribution in [1.82, 2.24) is 14.1 Å². The van der Waals surface area contributed by atoms with E-state index < -0.39 is 10.0 Å². The Morgan fingerprint density at radius 3 is 2.28 bits per heavy atom. The molecule has 8 nitrogen and oxygen atoms in total. The molecule has 0 atom stereocenters. The van der Waals surface area contributed by atoms with Crippen LogP contribution in [0.4, 0.5) is 0 Å². The van der Waals surface area contributed by atoms with Gasteiger partial charge in [0, 0.05) is 50.8 Å². The molecule has 0 aliphatic carbocycles. The lowest BCUT2D eigenvalue weighted by Gasteiger charge is -2.40. The first-order valence-corrected chi connectivity index (χ1v) is 14.6. The highest BCUT2D eigenvalue weighted by molar-refractivity contribution is 7.89. The van der Waals surface area contributed by atoms with Crippen LogP contribution >= 0.6 is 11.6 Å². The third-order valence-electron chi connectivity index (χ3n) is 6.24. The Labute approximate surface area is 222 Å². The number of likely N-dealkylation sites (tertiary alicyclic amines) is 1. The summed E-state index contributed by atoms with van der Waals surface area (Å²) >= 11 is 6.04. The molecule has 2 rings (SSSR count). The molecule has 10 heteroatoms. The van der Waals surface area contributed by atoms with E-state index in [0.29, 0.717) is 50.3 Å². The standard InChI is InChI=1S/C26H42ClN3O5S/c1-6-17-36(33,34)29(15-16-35-5)20-25(32)30(19-21-7-9-22(27)10-8-21)23-11-13-28(14-12-23)24(31)18-26(2,3)4/h7-10,23H,6,11-20H2,1-5H3. The summed E-state index contributed by atoms with van der Waals surface area (Å²) in [6.07, 6.45) is 2.24. The first kappa shape index (κ1) is 30.5. The smallest absolute Gasteiger partial charge is 0.238 e. The first-order chi connectivity index (χ1) is 16.9. The van der Waals surface area contributed by atoms with Crippen LogP contribution in [0.1, 0.15) is 58.9 Å². The fourth-order valence-corrected chi connectivity index (χ4v) is 5.90. The zero-order valence-corrected chi connectivity index (χ0v) is 23.9. The van der Waals surface area contributed by atoms with Crippen LogP contribution in [0, 0.1) is 5.41 Å². The molecule has 0 aromatic heterocycles. The number of rotatable bonds is 12. The Morgan fingerprint density at radius 1 is 1.14 bits per heavy atom. The summed E-state index contributed by atoms with van der Waals surface area (Å²) < 4.78 is 32.0. The summed E-state index contributed by atoms with van der Waals surface area (Å²) in [5, 5.41) is 0.610. The molecule has 1 aliphatic rings. The number of ether oxygens (including phenoxy) is 1. The minimum atomic E-state index is -3.58. The van der Waals surface area contributed by atoms with E-state index >= 15 is 0 Å². The van der Waals surface area contributed by atoms with Gasteiger partial charge in [0.05, 0.1) is 18.9 Å². The van der Waals surface area contributed by atoms with Gasteiger partial charge < -0.3 is 14.5 Å². The predicted molar refractivity (Wildman–Crippen MR) is 143 cm³/mol. The molecule has 0 N–H and O–H groups in total. The monoisotopic (exact) mass is 543 g/mol. The van der Waals surface area contributed by atoms with Crippen LogP contribution in [-0.4, -0.2) is 86.0 Å². The molecule has 1 aromatic carbocycles. The summed E-state index contributed by atoms with van der Waals surface area (Å²) in [6, 6.07) is 7.22. The van der Waals surface area contributed by atoms with Crippen LogP contribution in [0.15, 0.2) is 24.3 Å². The average molecular weight is 544 g/mol. The number of hydrogen-bond acceptors (Lipinski definition) is 5. The Hall–Kier alpha value is -1.68. The Morgan fingerprint density at radius 2 is 1.75 bits per heavy atom. The van der Waals surface area contributed by atoms with Gasteiger partial charge in [-0.25, -0.2) is 8.42 Å². The second-order valence-electron chi connectivity index (χ2n) is 10.6. The Kier molecular flexibility index (Phi) is 11.7. The van der Waals surface area contributed by atoms with E-state index in [1.54, 1.807) is 24.0 Å². The number of amides is 2. The van der Waals surface area contributed by atoms with Crippen molar-refractivity contribution in [2.45, 2.75) is 66.0 Å². The maximum atomic E-state index is 13.6. The zero-order valence-electron chi connectivity index (χ0n) is 22.3. The van der Waals surface area contributed by atoms with Crippen LogP contribution in [0.3, 0.4) is 0 Å². The zero-order chi connectivity index (χ0) is 26.9. The topological polar surface area (TPSA) is 87.2 Å². The summed E-state index contributed by atoms with van der Waals surface area (Å²) in [5.41, 5.74) is 0.832. The number of benzene rings is 1. The van der Waals surface area contributed by atoms with Crippen molar-refractivity contribution in [2.24, 2.45) is 5.41 Å². The number of carbonyl (C=O) groups excluding carboxylic acids is 2. The second kappa shape index (κ2) is 13.7. The number of sulfonamides is 1. The van der Waals surface area contributed by atoms with Crippen LogP contribution in [-0.2, 0) is 30.9 Å². The fourth-order valence-electron chi connectivity index (χ4n) is 4.34. The molecule has 2 amide bonds. The predicted octanol–water partition coefficient (Wildman–Crippen LogP) is 3.78. The average Bonchev–Trinajstić information content (AvgIpc) is 2.80. The summed E-state index contributed by atoms with van der Waals surface area (Å²) in [4.78, 5) is 30.0. The number of halogens is 1. The van der Waals surface area contributed by atoms with Crippen LogP contribution in [0.5, 0.6) is 0 Å². The van der Waals surface area contributed by atoms with Gasteiger partial charge in [0.25, 0.3) is 0 Å². The molecule has 0 spiro atoms. The fraction of sp³-hybridized carbons (Fsp3) is 0.692. The molecule has 1 aromatic rings. The van der Waals surface area contributed by atoms with Crippen molar-refractivity contribution in [2.75, 3.05) is 45.6 Å². The van der Waals surface area contributed by atoms with Crippen molar-refractivity contribution in [1.29, 1.82) is 0 Å². The Balaban J connectivity index is 2.21. The van der Waals surface area contributed by atoms with E-state index in [2.05, 4.69) is 0 Å². The van der Waals surface area contributed by atoms with Crippen molar-refractivity contribution in [3.05, 3.63) is 34.9 Å². The van der Waals surface area contributed by atoms with Gasteiger partial charge in [-0.3, -0.25) is 9.59 Å². The highest BCUT2D eigenvalue weighted by atomic mass is 35.5. The van der Waals surface area contributed by atoms with Crippen LogP contribution in [0.25, 0.3) is 0 Å². The molecule has 36 heavy (non-hydrogen) atoms. The third kappa shape index (κ3) is 9.65. The summed E-state index contributed by atoms with van der Waals surface area (Å²) in [5.74, 6) is -0.136. The third-order valence-corrected chi connectivity index (χ3v) is 8.51. The molecule has 0 radical (unpaired) electrons. The van der Waals surface area contributed by atoms with E-state index in [-0.39, 0.29) is 48.7 Å². The van der Waals surface area contributed by atoms with E-state index in [0.717, 1.165) is 5.56 Å². The number of piperidine rings is 1. The van der Waals surface area contributed by atoms with E-state index in [4.69, 9.17) is 16.3 Å². The van der Waals surface area contributed by atoms with Gasteiger partial charge in [-0.1, -0.05) is 51.4 Å². The van der Waals surface area contributed by atoms with Crippen LogP contribution in [0.2, 0.25) is 5.02 Å². The molecule has 1 saturated heterocycles.